The number of rotatable bonds is 3. The van der Waals surface area contributed by atoms with Crippen molar-refractivity contribution in [2.24, 2.45) is 7.05 Å². The van der Waals surface area contributed by atoms with Gasteiger partial charge in [0.05, 0.1) is 0 Å². The average molecular weight is 298 g/mol. The lowest BCUT2D eigenvalue weighted by atomic mass is 10.1. The van der Waals surface area contributed by atoms with Crippen molar-refractivity contribution in [3.05, 3.63) is 62.1 Å². The average Bonchev–Trinajstić information content (AvgIpc) is 2.88. The highest BCUT2D eigenvalue weighted by Gasteiger charge is 2.14. The Labute approximate surface area is 127 Å². The van der Waals surface area contributed by atoms with Crippen molar-refractivity contribution >= 4 is 11.2 Å². The first-order chi connectivity index (χ1) is 10.5. The number of nitrogens with zero attached hydrogens (tertiary/aromatic N) is 3. The maximum Gasteiger partial charge on any atom is 0.332 e. The molecule has 0 atom stereocenters. The van der Waals surface area contributed by atoms with Crippen LogP contribution in [0.1, 0.15) is 17.0 Å². The number of H-pyrrole nitrogens is 1. The van der Waals surface area contributed by atoms with Crippen molar-refractivity contribution in [1.82, 2.24) is 19.1 Å². The van der Waals surface area contributed by atoms with Crippen molar-refractivity contribution in [2.45, 2.75) is 26.8 Å². The van der Waals surface area contributed by atoms with E-state index in [1.807, 2.05) is 19.1 Å². The first-order valence-corrected chi connectivity index (χ1v) is 7.19. The Kier molecular flexibility index (Phi) is 3.44. The quantitative estimate of drug-likeness (QED) is 0.791. The van der Waals surface area contributed by atoms with E-state index in [2.05, 4.69) is 22.1 Å². The third kappa shape index (κ3) is 2.36. The fraction of sp³-hybridized carbons (Fsp3) is 0.312. The molecule has 6 heteroatoms. The van der Waals surface area contributed by atoms with Gasteiger partial charge in [-0.3, -0.25) is 13.9 Å². The summed E-state index contributed by atoms with van der Waals surface area (Å²) in [4.78, 5) is 31.7. The molecular weight excluding hydrogens is 280 g/mol. The minimum atomic E-state index is -0.341. The minimum absolute atomic E-state index is 0.337. The summed E-state index contributed by atoms with van der Waals surface area (Å²) < 4.78 is 2.68. The van der Waals surface area contributed by atoms with Crippen LogP contribution in [0.3, 0.4) is 0 Å². The van der Waals surface area contributed by atoms with Crippen LogP contribution in [0.25, 0.3) is 11.2 Å². The molecule has 0 aliphatic heterocycles. The molecule has 3 aromatic rings. The fourth-order valence-corrected chi connectivity index (χ4v) is 2.55. The van der Waals surface area contributed by atoms with Crippen LogP contribution in [0.15, 0.2) is 33.9 Å². The van der Waals surface area contributed by atoms with E-state index in [1.54, 1.807) is 11.5 Å². The van der Waals surface area contributed by atoms with Crippen molar-refractivity contribution in [3.63, 3.8) is 0 Å². The van der Waals surface area contributed by atoms with E-state index in [4.69, 9.17) is 0 Å². The Morgan fingerprint density at radius 2 is 1.82 bits per heavy atom. The maximum atomic E-state index is 12.4. The van der Waals surface area contributed by atoms with Crippen LogP contribution < -0.4 is 11.2 Å². The molecule has 0 radical (unpaired) electrons. The van der Waals surface area contributed by atoms with Crippen LogP contribution >= 0.6 is 0 Å². The van der Waals surface area contributed by atoms with E-state index in [9.17, 15) is 9.59 Å². The summed E-state index contributed by atoms with van der Waals surface area (Å²) in [6.45, 7) is 4.29. The van der Waals surface area contributed by atoms with Crippen molar-refractivity contribution in [3.8, 4) is 0 Å². The van der Waals surface area contributed by atoms with Gasteiger partial charge in [0.2, 0.25) is 0 Å². The van der Waals surface area contributed by atoms with Crippen molar-refractivity contribution < 1.29 is 0 Å². The molecule has 114 valence electrons. The third-order valence-electron chi connectivity index (χ3n) is 3.84. The van der Waals surface area contributed by atoms with Crippen LogP contribution in [0.4, 0.5) is 0 Å². The summed E-state index contributed by atoms with van der Waals surface area (Å²) in [6, 6.07) is 8.20. The van der Waals surface area contributed by atoms with Gasteiger partial charge < -0.3 is 4.98 Å². The van der Waals surface area contributed by atoms with Gasteiger partial charge in [-0.1, -0.05) is 29.8 Å². The van der Waals surface area contributed by atoms with E-state index in [0.717, 1.165) is 10.1 Å². The first kappa shape index (κ1) is 14.3. The third-order valence-corrected chi connectivity index (χ3v) is 3.84. The molecule has 3 rings (SSSR count). The van der Waals surface area contributed by atoms with Crippen molar-refractivity contribution in [1.29, 1.82) is 0 Å². The summed E-state index contributed by atoms with van der Waals surface area (Å²) in [5.41, 5.74) is 2.48. The molecule has 0 aliphatic carbocycles. The summed E-state index contributed by atoms with van der Waals surface area (Å²) >= 11 is 0. The molecular formula is C16H18N4O2. The van der Waals surface area contributed by atoms with Gasteiger partial charge in [0.25, 0.3) is 5.56 Å². The van der Waals surface area contributed by atoms with Gasteiger partial charge in [-0.25, -0.2) is 9.78 Å². The van der Waals surface area contributed by atoms with E-state index >= 15 is 0 Å². The molecule has 2 aromatic heterocycles. The molecule has 1 aromatic carbocycles. The Hall–Kier alpha value is -2.63. The lowest BCUT2D eigenvalue weighted by molar-refractivity contribution is 0.620. The van der Waals surface area contributed by atoms with Gasteiger partial charge in [0.1, 0.15) is 11.3 Å². The van der Waals surface area contributed by atoms with Crippen molar-refractivity contribution in [2.75, 3.05) is 0 Å². The summed E-state index contributed by atoms with van der Waals surface area (Å²) in [7, 11) is 1.49. The largest absolute Gasteiger partial charge is 0.336 e. The molecule has 0 saturated heterocycles. The second kappa shape index (κ2) is 5.29. The molecule has 0 spiro atoms. The second-order valence-electron chi connectivity index (χ2n) is 5.55. The van der Waals surface area contributed by atoms with Gasteiger partial charge in [0, 0.05) is 13.6 Å². The fourth-order valence-electron chi connectivity index (χ4n) is 2.55. The lowest BCUT2D eigenvalue weighted by Crippen LogP contribution is -2.38. The van der Waals surface area contributed by atoms with Gasteiger partial charge in [-0.05, 0) is 25.8 Å². The molecule has 0 bridgehead atoms. The van der Waals surface area contributed by atoms with Gasteiger partial charge in [-0.15, -0.1) is 0 Å². The topological polar surface area (TPSA) is 72.7 Å². The lowest BCUT2D eigenvalue weighted by Gasteiger charge is -2.08. The molecule has 0 fully saturated rings. The van der Waals surface area contributed by atoms with E-state index < -0.39 is 0 Å². The minimum Gasteiger partial charge on any atom is -0.336 e. The highest BCUT2D eigenvalue weighted by Crippen LogP contribution is 2.08. The normalized spacial score (nSPS) is 11.2. The van der Waals surface area contributed by atoms with Crippen LogP contribution in [-0.2, 0) is 20.0 Å². The molecule has 0 aliphatic rings. The Morgan fingerprint density at radius 1 is 1.14 bits per heavy atom. The Bertz CT molecular complexity index is 945. The van der Waals surface area contributed by atoms with Crippen LogP contribution in [0.5, 0.6) is 0 Å². The van der Waals surface area contributed by atoms with Gasteiger partial charge >= 0.3 is 5.69 Å². The number of aromatic nitrogens is 4. The number of hydrogen-bond donors (Lipinski definition) is 1. The Balaban J connectivity index is 2.05. The zero-order valence-corrected chi connectivity index (χ0v) is 12.9. The molecule has 2 heterocycles. The zero-order chi connectivity index (χ0) is 15.9. The predicted molar refractivity (Wildman–Crippen MR) is 85.2 cm³/mol. The molecule has 0 unspecified atom stereocenters. The van der Waals surface area contributed by atoms with Gasteiger partial charge in [0.15, 0.2) is 5.65 Å². The zero-order valence-electron chi connectivity index (χ0n) is 12.9. The number of benzene rings is 1. The van der Waals surface area contributed by atoms with E-state index in [-0.39, 0.29) is 11.2 Å². The monoisotopic (exact) mass is 298 g/mol. The number of nitrogens with one attached hydrogen (secondary N) is 1. The van der Waals surface area contributed by atoms with Crippen LogP contribution in [0.2, 0.25) is 0 Å². The summed E-state index contributed by atoms with van der Waals surface area (Å²) in [6.07, 6.45) is 0.708. The van der Waals surface area contributed by atoms with E-state index in [1.165, 1.54) is 12.6 Å². The first-order valence-electron chi connectivity index (χ1n) is 7.19. The van der Waals surface area contributed by atoms with Crippen LogP contribution in [-0.4, -0.2) is 19.1 Å². The highest BCUT2D eigenvalue weighted by atomic mass is 16.2. The Morgan fingerprint density at radius 3 is 2.50 bits per heavy atom. The molecule has 0 amide bonds. The van der Waals surface area contributed by atoms with Gasteiger partial charge in [-0.2, -0.15) is 0 Å². The second-order valence-corrected chi connectivity index (χ2v) is 5.55. The molecule has 0 saturated carbocycles. The number of aromatic amines is 1. The number of aryl methyl sites for hydroxylation is 4. The smallest absolute Gasteiger partial charge is 0.332 e. The maximum absolute atomic E-state index is 12.4. The molecule has 22 heavy (non-hydrogen) atoms. The summed E-state index contributed by atoms with van der Waals surface area (Å²) in [5, 5.41) is 0. The van der Waals surface area contributed by atoms with E-state index in [0.29, 0.717) is 30.0 Å². The highest BCUT2D eigenvalue weighted by molar-refractivity contribution is 5.69. The van der Waals surface area contributed by atoms with Crippen LogP contribution in [0, 0.1) is 13.8 Å². The molecule has 6 nitrogen and oxygen atoms in total. The number of hydrogen-bond acceptors (Lipinski definition) is 3. The number of fused-ring (bicyclic) bond motifs is 1. The SMILES string of the molecule is Cc1ccc(CCn2c(=O)n(C)c(=O)c3[nH]c(C)nc32)cc1. The summed E-state index contributed by atoms with van der Waals surface area (Å²) in [5.74, 6) is 0.627. The standard InChI is InChI=1S/C16H18N4O2/c1-10-4-6-12(7-5-10)8-9-20-14-13(17-11(2)18-14)15(21)19(3)16(20)22/h4-7H,8-9H2,1-3H3,(H,17,18). The molecule has 1 N–H and O–H groups in total. The number of imidazole rings is 1. The predicted octanol–water partition coefficient (Wildman–Crippen LogP) is 1.28.